The van der Waals surface area contributed by atoms with Gasteiger partial charge in [-0.3, -0.25) is 4.72 Å². The Labute approximate surface area is 204 Å². The van der Waals surface area contributed by atoms with E-state index in [1.807, 2.05) is 37.2 Å². The Morgan fingerprint density at radius 1 is 1.03 bits per heavy atom. The molecule has 0 saturated heterocycles. The number of aromatic nitrogens is 4. The second-order valence-corrected chi connectivity index (χ2v) is 9.23. The van der Waals surface area contributed by atoms with Crippen molar-refractivity contribution in [2.75, 3.05) is 40.6 Å². The molecule has 2 heterocycles. The number of nitrogens with one attached hydrogen (secondary N) is 3. The Morgan fingerprint density at radius 3 is 2.38 bits per heavy atom. The van der Waals surface area contributed by atoms with Crippen molar-refractivity contribution in [3.05, 3.63) is 54.7 Å². The highest BCUT2D eigenvalue weighted by molar-refractivity contribution is 7.92. The molecule has 34 heavy (non-hydrogen) atoms. The van der Waals surface area contributed by atoms with E-state index in [0.29, 0.717) is 17.5 Å². The van der Waals surface area contributed by atoms with Crippen LogP contribution in [0.2, 0.25) is 0 Å². The van der Waals surface area contributed by atoms with Crippen LogP contribution in [0.1, 0.15) is 6.92 Å². The fourth-order valence-corrected chi connectivity index (χ4v) is 4.10. The first-order valence-electron chi connectivity index (χ1n) is 10.4. The van der Waals surface area contributed by atoms with E-state index in [0.717, 1.165) is 41.2 Å². The molecule has 2 aromatic carbocycles. The molecule has 0 bridgehead atoms. The largest absolute Gasteiger partial charge is 0.359 e. The van der Waals surface area contributed by atoms with Gasteiger partial charge in [0.2, 0.25) is 21.9 Å². The van der Waals surface area contributed by atoms with Crippen molar-refractivity contribution < 1.29 is 8.42 Å². The highest BCUT2D eigenvalue weighted by Gasteiger charge is 2.12. The molecule has 180 valence electrons. The molecule has 10 nitrogen and oxygen atoms in total. The molecule has 0 atom stereocenters. The molecule has 0 amide bonds. The maximum atomic E-state index is 11.4. The number of sulfonamides is 1. The highest BCUT2D eigenvalue weighted by atomic mass is 35.5. The molecular weight excluding hydrogens is 476 g/mol. The van der Waals surface area contributed by atoms with Crippen LogP contribution in [0.4, 0.5) is 34.8 Å². The zero-order valence-corrected chi connectivity index (χ0v) is 20.9. The van der Waals surface area contributed by atoms with E-state index in [-0.39, 0.29) is 12.4 Å². The minimum absolute atomic E-state index is 0. The Morgan fingerprint density at radius 2 is 1.74 bits per heavy atom. The summed E-state index contributed by atoms with van der Waals surface area (Å²) >= 11 is 0. The summed E-state index contributed by atoms with van der Waals surface area (Å²) < 4.78 is 27.3. The SMILES string of the molecule is CCn1c(NC)nc2cc(N(C)c3ccnc(Nc4ccc(NS(C)(=O)=O)cc4)n3)ccc21.Cl. The van der Waals surface area contributed by atoms with E-state index in [1.165, 1.54) is 0 Å². The summed E-state index contributed by atoms with van der Waals surface area (Å²) in [5.74, 6) is 1.97. The van der Waals surface area contributed by atoms with Gasteiger partial charge in [-0.2, -0.15) is 4.98 Å². The Hall–Kier alpha value is -3.57. The molecule has 3 N–H and O–H groups in total. The second kappa shape index (κ2) is 10.1. The molecule has 0 radical (unpaired) electrons. The lowest BCUT2D eigenvalue weighted by atomic mass is 10.2. The summed E-state index contributed by atoms with van der Waals surface area (Å²) in [4.78, 5) is 15.6. The zero-order valence-electron chi connectivity index (χ0n) is 19.3. The van der Waals surface area contributed by atoms with Crippen molar-refractivity contribution in [2.24, 2.45) is 0 Å². The van der Waals surface area contributed by atoms with E-state index in [1.54, 1.807) is 30.5 Å². The summed E-state index contributed by atoms with van der Waals surface area (Å²) in [5.41, 5.74) is 4.14. The fourth-order valence-electron chi connectivity index (χ4n) is 3.53. The predicted molar refractivity (Wildman–Crippen MR) is 140 cm³/mol. The lowest BCUT2D eigenvalue weighted by Crippen LogP contribution is -2.12. The number of rotatable bonds is 8. The van der Waals surface area contributed by atoms with Gasteiger partial charge in [0.05, 0.1) is 17.3 Å². The van der Waals surface area contributed by atoms with Crippen LogP contribution in [0, 0.1) is 0 Å². The third-order valence-corrected chi connectivity index (χ3v) is 5.69. The number of hydrogen-bond donors (Lipinski definition) is 3. The molecule has 0 saturated carbocycles. The third kappa shape index (κ3) is 5.49. The van der Waals surface area contributed by atoms with Crippen LogP contribution in [0.5, 0.6) is 0 Å². The Balaban J connectivity index is 0.00000324. The molecule has 12 heteroatoms. The van der Waals surface area contributed by atoms with Crippen LogP contribution >= 0.6 is 12.4 Å². The summed E-state index contributed by atoms with van der Waals surface area (Å²) in [6.07, 6.45) is 2.80. The smallest absolute Gasteiger partial charge is 0.229 e. The number of nitrogens with zero attached hydrogens (tertiary/aromatic N) is 5. The zero-order chi connectivity index (χ0) is 23.6. The van der Waals surface area contributed by atoms with Gasteiger partial charge in [0.1, 0.15) is 5.82 Å². The van der Waals surface area contributed by atoms with Crippen LogP contribution in [0.15, 0.2) is 54.7 Å². The molecular formula is C22H27ClN8O2S. The first-order chi connectivity index (χ1) is 15.8. The van der Waals surface area contributed by atoms with Crippen molar-refractivity contribution in [3.63, 3.8) is 0 Å². The third-order valence-electron chi connectivity index (χ3n) is 5.09. The maximum absolute atomic E-state index is 11.4. The highest BCUT2D eigenvalue weighted by Crippen LogP contribution is 2.28. The van der Waals surface area contributed by atoms with Crippen LogP contribution in [-0.2, 0) is 16.6 Å². The number of benzene rings is 2. The average molecular weight is 503 g/mol. The van der Waals surface area contributed by atoms with E-state index < -0.39 is 10.0 Å². The number of anilines is 6. The Kier molecular flexibility index (Phi) is 7.48. The van der Waals surface area contributed by atoms with Crippen molar-refractivity contribution in [2.45, 2.75) is 13.5 Å². The fraction of sp³-hybridized carbons (Fsp3) is 0.227. The van der Waals surface area contributed by atoms with Gasteiger partial charge in [0, 0.05) is 43.9 Å². The predicted octanol–water partition coefficient (Wildman–Crippen LogP) is 4.19. The van der Waals surface area contributed by atoms with Crippen molar-refractivity contribution in [1.82, 2.24) is 19.5 Å². The summed E-state index contributed by atoms with van der Waals surface area (Å²) in [6.45, 7) is 2.92. The lowest BCUT2D eigenvalue weighted by Gasteiger charge is -2.19. The molecule has 0 unspecified atom stereocenters. The van der Waals surface area contributed by atoms with Crippen LogP contribution < -0.4 is 20.3 Å². The van der Waals surface area contributed by atoms with Crippen LogP contribution in [-0.4, -0.2) is 48.3 Å². The minimum atomic E-state index is -3.32. The molecule has 0 aliphatic heterocycles. The van der Waals surface area contributed by atoms with Crippen molar-refractivity contribution in [3.8, 4) is 0 Å². The van der Waals surface area contributed by atoms with Gasteiger partial charge in [-0.05, 0) is 55.5 Å². The summed E-state index contributed by atoms with van der Waals surface area (Å²) in [6, 6.07) is 14.8. The van der Waals surface area contributed by atoms with Gasteiger partial charge in [0.25, 0.3) is 0 Å². The standard InChI is InChI=1S/C22H26N8O2S.ClH/c1-5-30-19-11-10-17(14-18(19)26-22(30)23-2)29(3)20-12-13-24-21(27-20)25-15-6-8-16(9-7-15)28-33(4,31)32;/h6-14,28H,5H2,1-4H3,(H,23,26)(H,24,25,27);1H. The van der Waals surface area contributed by atoms with E-state index in [2.05, 4.69) is 47.9 Å². The lowest BCUT2D eigenvalue weighted by molar-refractivity contribution is 0.607. The Bertz CT molecular complexity index is 1390. The number of imidazole rings is 1. The molecule has 2 aromatic heterocycles. The van der Waals surface area contributed by atoms with E-state index in [9.17, 15) is 8.42 Å². The number of aryl methyl sites for hydroxylation is 1. The second-order valence-electron chi connectivity index (χ2n) is 7.48. The van der Waals surface area contributed by atoms with Crippen molar-refractivity contribution >= 4 is 68.2 Å². The van der Waals surface area contributed by atoms with Gasteiger partial charge >= 0.3 is 0 Å². The first-order valence-corrected chi connectivity index (χ1v) is 12.3. The minimum Gasteiger partial charge on any atom is -0.359 e. The molecule has 0 spiro atoms. The first kappa shape index (κ1) is 25.1. The van der Waals surface area contributed by atoms with Gasteiger partial charge in [-0.1, -0.05) is 0 Å². The molecule has 0 fully saturated rings. The van der Waals surface area contributed by atoms with Gasteiger partial charge in [-0.15, -0.1) is 12.4 Å². The van der Waals surface area contributed by atoms with Crippen LogP contribution in [0.3, 0.4) is 0 Å². The van der Waals surface area contributed by atoms with E-state index >= 15 is 0 Å². The summed E-state index contributed by atoms with van der Waals surface area (Å²) in [7, 11) is 0.487. The molecule has 0 aliphatic rings. The van der Waals surface area contributed by atoms with E-state index in [4.69, 9.17) is 0 Å². The maximum Gasteiger partial charge on any atom is 0.229 e. The summed E-state index contributed by atoms with van der Waals surface area (Å²) in [5, 5.41) is 6.28. The number of fused-ring (bicyclic) bond motifs is 1. The van der Waals surface area contributed by atoms with Gasteiger partial charge < -0.3 is 20.1 Å². The quantitative estimate of drug-likeness (QED) is 0.328. The number of hydrogen-bond acceptors (Lipinski definition) is 8. The molecule has 4 rings (SSSR count). The topological polar surface area (TPSA) is 117 Å². The van der Waals surface area contributed by atoms with Gasteiger partial charge in [0.15, 0.2) is 0 Å². The van der Waals surface area contributed by atoms with Crippen LogP contribution in [0.25, 0.3) is 11.0 Å². The normalized spacial score (nSPS) is 11.1. The van der Waals surface area contributed by atoms with Gasteiger partial charge in [-0.25, -0.2) is 18.4 Å². The monoisotopic (exact) mass is 502 g/mol. The average Bonchev–Trinajstić information content (AvgIpc) is 3.16. The molecule has 0 aliphatic carbocycles. The molecule has 4 aromatic rings. The van der Waals surface area contributed by atoms with Crippen molar-refractivity contribution in [1.29, 1.82) is 0 Å². The number of halogens is 1.